The van der Waals surface area contributed by atoms with Crippen LogP contribution in [0.5, 0.6) is 0 Å². The predicted molar refractivity (Wildman–Crippen MR) is 89.9 cm³/mol. The van der Waals surface area contributed by atoms with E-state index in [9.17, 15) is 0 Å². The van der Waals surface area contributed by atoms with Gasteiger partial charge in [-0.15, -0.1) is 0 Å². The minimum Gasteiger partial charge on any atom is -0.304 e. The maximum Gasteiger partial charge on any atom is 0.0426 e. The molecule has 0 saturated heterocycles. The van der Waals surface area contributed by atoms with Crippen molar-refractivity contribution in [2.24, 2.45) is 0 Å². The van der Waals surface area contributed by atoms with Crippen molar-refractivity contribution in [1.29, 1.82) is 0 Å². The first-order chi connectivity index (χ1) is 9.88. The third-order valence-corrected chi connectivity index (χ3v) is 4.10. The summed E-state index contributed by atoms with van der Waals surface area (Å²) in [5, 5.41) is 4.42. The van der Waals surface area contributed by atoms with Gasteiger partial charge in [0.2, 0.25) is 0 Å². The van der Waals surface area contributed by atoms with Crippen LogP contribution in [0.15, 0.2) is 30.3 Å². The highest BCUT2D eigenvalue weighted by Crippen LogP contribution is 2.25. The second-order valence-corrected chi connectivity index (χ2v) is 6.18. The summed E-state index contributed by atoms with van der Waals surface area (Å²) in [6.45, 7) is 10.6. The van der Waals surface area contributed by atoms with E-state index >= 15 is 0 Å². The first-order valence-corrected chi connectivity index (χ1v) is 7.72. The summed E-state index contributed by atoms with van der Waals surface area (Å²) in [5.41, 5.74) is 5.95. The van der Waals surface area contributed by atoms with Crippen LogP contribution in [-0.4, -0.2) is 4.98 Å². The highest BCUT2D eigenvalue weighted by Gasteiger charge is 2.16. The van der Waals surface area contributed by atoms with E-state index in [-0.39, 0.29) is 12.1 Å². The SMILES string of the molecule is Cc1cc(C)c(C(C)N[C@H](C)c2cccc(Cl)c2)c(C)n1. The summed E-state index contributed by atoms with van der Waals surface area (Å²) < 4.78 is 0. The van der Waals surface area contributed by atoms with Gasteiger partial charge in [0.05, 0.1) is 0 Å². The molecule has 2 aromatic rings. The standard InChI is InChI=1S/C18H23ClN2/c1-11-9-12(2)20-14(4)18(11)15(5)21-13(3)16-7-6-8-17(19)10-16/h6-10,13,15,21H,1-5H3/t13-,15?/m1/s1. The van der Waals surface area contributed by atoms with E-state index in [1.165, 1.54) is 16.7 Å². The van der Waals surface area contributed by atoms with Crippen molar-refractivity contribution >= 4 is 11.6 Å². The molecule has 2 nitrogen and oxygen atoms in total. The number of pyridine rings is 1. The van der Waals surface area contributed by atoms with Gasteiger partial charge in [-0.2, -0.15) is 0 Å². The molecule has 0 spiro atoms. The molecule has 1 aromatic carbocycles. The van der Waals surface area contributed by atoms with Crippen molar-refractivity contribution in [3.05, 3.63) is 63.4 Å². The molecule has 1 heterocycles. The van der Waals surface area contributed by atoms with Crippen molar-refractivity contribution in [2.45, 2.75) is 46.7 Å². The van der Waals surface area contributed by atoms with Gasteiger partial charge >= 0.3 is 0 Å². The summed E-state index contributed by atoms with van der Waals surface area (Å²) >= 11 is 6.07. The number of benzene rings is 1. The molecule has 2 rings (SSSR count). The van der Waals surface area contributed by atoms with Crippen molar-refractivity contribution in [2.75, 3.05) is 0 Å². The summed E-state index contributed by atoms with van der Waals surface area (Å²) in [7, 11) is 0. The fraction of sp³-hybridized carbons (Fsp3) is 0.389. The quantitative estimate of drug-likeness (QED) is 0.852. The van der Waals surface area contributed by atoms with Crippen LogP contribution in [0.3, 0.4) is 0 Å². The van der Waals surface area contributed by atoms with E-state index in [1.807, 2.05) is 25.1 Å². The molecule has 2 atom stereocenters. The fourth-order valence-corrected chi connectivity index (χ4v) is 3.22. The molecule has 112 valence electrons. The number of rotatable bonds is 4. The third-order valence-electron chi connectivity index (χ3n) is 3.87. The van der Waals surface area contributed by atoms with E-state index in [0.717, 1.165) is 16.4 Å². The molecular formula is C18H23ClN2. The monoisotopic (exact) mass is 302 g/mol. The number of aromatic nitrogens is 1. The average molecular weight is 303 g/mol. The molecule has 0 fully saturated rings. The van der Waals surface area contributed by atoms with Gasteiger partial charge in [-0.25, -0.2) is 0 Å². The molecule has 0 aliphatic carbocycles. The number of hydrogen-bond donors (Lipinski definition) is 1. The lowest BCUT2D eigenvalue weighted by atomic mass is 9.98. The smallest absolute Gasteiger partial charge is 0.0426 e. The van der Waals surface area contributed by atoms with E-state index in [0.29, 0.717) is 0 Å². The number of nitrogens with zero attached hydrogens (tertiary/aromatic N) is 1. The molecule has 21 heavy (non-hydrogen) atoms. The normalized spacial score (nSPS) is 14.0. The zero-order valence-corrected chi connectivity index (χ0v) is 14.1. The Morgan fingerprint density at radius 1 is 1.05 bits per heavy atom. The molecule has 3 heteroatoms. The number of halogens is 1. The minimum atomic E-state index is 0.235. The average Bonchev–Trinajstić information content (AvgIpc) is 2.37. The molecule has 0 aliphatic rings. The summed E-state index contributed by atoms with van der Waals surface area (Å²) in [6, 6.07) is 10.6. The van der Waals surface area contributed by atoms with Crippen LogP contribution in [0.25, 0.3) is 0 Å². The van der Waals surface area contributed by atoms with Gasteiger partial charge in [0.15, 0.2) is 0 Å². The molecular weight excluding hydrogens is 280 g/mol. The first kappa shape index (κ1) is 16.0. The molecule has 1 unspecified atom stereocenters. The number of hydrogen-bond acceptors (Lipinski definition) is 2. The van der Waals surface area contributed by atoms with Crippen molar-refractivity contribution in [3.8, 4) is 0 Å². The van der Waals surface area contributed by atoms with Crippen LogP contribution in [0, 0.1) is 20.8 Å². The van der Waals surface area contributed by atoms with Crippen LogP contribution in [0.1, 0.15) is 54.0 Å². The zero-order chi connectivity index (χ0) is 15.6. The Bertz CT molecular complexity index is 614. The molecule has 0 radical (unpaired) electrons. The third kappa shape index (κ3) is 3.84. The number of aryl methyl sites for hydroxylation is 3. The maximum atomic E-state index is 6.07. The highest BCUT2D eigenvalue weighted by atomic mass is 35.5. The Morgan fingerprint density at radius 3 is 2.38 bits per heavy atom. The fourth-order valence-electron chi connectivity index (χ4n) is 3.02. The Morgan fingerprint density at radius 2 is 1.76 bits per heavy atom. The zero-order valence-electron chi connectivity index (χ0n) is 13.4. The van der Waals surface area contributed by atoms with Crippen molar-refractivity contribution in [1.82, 2.24) is 10.3 Å². The predicted octanol–water partition coefficient (Wildman–Crippen LogP) is 5.07. The first-order valence-electron chi connectivity index (χ1n) is 7.34. The lowest BCUT2D eigenvalue weighted by Gasteiger charge is -2.23. The molecule has 0 aliphatic heterocycles. The second-order valence-electron chi connectivity index (χ2n) is 5.74. The lowest BCUT2D eigenvalue weighted by Crippen LogP contribution is -2.24. The van der Waals surface area contributed by atoms with Crippen LogP contribution in [0.4, 0.5) is 0 Å². The van der Waals surface area contributed by atoms with Gasteiger partial charge in [-0.05, 0) is 69.5 Å². The molecule has 0 saturated carbocycles. The van der Waals surface area contributed by atoms with E-state index < -0.39 is 0 Å². The Labute approximate surface area is 132 Å². The molecule has 0 amide bonds. The van der Waals surface area contributed by atoms with E-state index in [2.05, 4.69) is 50.1 Å². The van der Waals surface area contributed by atoms with E-state index in [1.54, 1.807) is 0 Å². The minimum absolute atomic E-state index is 0.235. The van der Waals surface area contributed by atoms with Gasteiger partial charge in [0, 0.05) is 28.5 Å². The summed E-state index contributed by atoms with van der Waals surface area (Å²) in [4.78, 5) is 4.59. The Hall–Kier alpha value is -1.38. The van der Waals surface area contributed by atoms with Gasteiger partial charge in [0.1, 0.15) is 0 Å². The van der Waals surface area contributed by atoms with Crippen LogP contribution in [-0.2, 0) is 0 Å². The largest absolute Gasteiger partial charge is 0.304 e. The van der Waals surface area contributed by atoms with E-state index in [4.69, 9.17) is 11.6 Å². The summed E-state index contributed by atoms with van der Waals surface area (Å²) in [5.74, 6) is 0. The van der Waals surface area contributed by atoms with Gasteiger partial charge in [-0.1, -0.05) is 23.7 Å². The molecule has 1 N–H and O–H groups in total. The molecule has 1 aromatic heterocycles. The van der Waals surface area contributed by atoms with Gasteiger partial charge < -0.3 is 5.32 Å². The Balaban J connectivity index is 2.20. The maximum absolute atomic E-state index is 6.07. The highest BCUT2D eigenvalue weighted by molar-refractivity contribution is 6.30. The number of nitrogens with one attached hydrogen (secondary N) is 1. The molecule has 0 bridgehead atoms. The van der Waals surface area contributed by atoms with Crippen molar-refractivity contribution in [3.63, 3.8) is 0 Å². The van der Waals surface area contributed by atoms with Crippen LogP contribution >= 0.6 is 11.6 Å². The topological polar surface area (TPSA) is 24.9 Å². The van der Waals surface area contributed by atoms with Gasteiger partial charge in [-0.3, -0.25) is 4.98 Å². The Kier molecular flexibility index (Phi) is 5.02. The second kappa shape index (κ2) is 6.59. The lowest BCUT2D eigenvalue weighted by molar-refractivity contribution is 0.490. The summed E-state index contributed by atoms with van der Waals surface area (Å²) in [6.07, 6.45) is 0. The van der Waals surface area contributed by atoms with Crippen molar-refractivity contribution < 1.29 is 0 Å². The van der Waals surface area contributed by atoms with Crippen LogP contribution < -0.4 is 5.32 Å². The van der Waals surface area contributed by atoms with Gasteiger partial charge in [0.25, 0.3) is 0 Å². The van der Waals surface area contributed by atoms with Crippen LogP contribution in [0.2, 0.25) is 5.02 Å².